The van der Waals surface area contributed by atoms with Crippen LogP contribution in [-0.4, -0.2) is 81.4 Å². The SMILES string of the molecule is Cc1cc(C(=O)Nc2cccc3c2O[C@H](CN(C)C(=O)Nc2ccccc2)[C@@H](C)CN([C@@H](C)CO)C3=O)n(C)n1. The van der Waals surface area contributed by atoms with E-state index in [0.717, 1.165) is 0 Å². The van der Waals surface area contributed by atoms with E-state index >= 15 is 0 Å². The molecule has 0 unspecified atom stereocenters. The van der Waals surface area contributed by atoms with Gasteiger partial charge in [0.2, 0.25) is 0 Å². The number of hydrogen-bond donors (Lipinski definition) is 3. The fraction of sp³-hybridized carbons (Fsp3) is 0.379. The normalized spacial score (nSPS) is 17.6. The third kappa shape index (κ3) is 6.26. The molecule has 1 aliphatic rings. The third-order valence-corrected chi connectivity index (χ3v) is 7.00. The fourth-order valence-electron chi connectivity index (χ4n) is 4.66. The Kier molecular flexibility index (Phi) is 8.73. The number of hydrogen-bond acceptors (Lipinski definition) is 6. The average Bonchev–Trinajstić information content (AvgIpc) is 3.28. The van der Waals surface area contributed by atoms with Gasteiger partial charge in [-0.15, -0.1) is 0 Å². The van der Waals surface area contributed by atoms with Crippen molar-refractivity contribution >= 4 is 29.2 Å². The van der Waals surface area contributed by atoms with Crippen molar-refractivity contribution < 1.29 is 24.2 Å². The molecule has 11 nitrogen and oxygen atoms in total. The average molecular weight is 549 g/mol. The van der Waals surface area contributed by atoms with Crippen molar-refractivity contribution in [3.05, 3.63) is 71.5 Å². The summed E-state index contributed by atoms with van der Waals surface area (Å²) in [5, 5.41) is 19.9. The summed E-state index contributed by atoms with van der Waals surface area (Å²) in [5.74, 6) is -0.728. The molecule has 0 saturated carbocycles. The number of aliphatic hydroxyl groups is 1. The van der Waals surface area contributed by atoms with Crippen molar-refractivity contribution in [1.82, 2.24) is 19.6 Å². The van der Waals surface area contributed by atoms with Gasteiger partial charge >= 0.3 is 6.03 Å². The van der Waals surface area contributed by atoms with E-state index in [1.807, 2.05) is 25.1 Å². The van der Waals surface area contributed by atoms with E-state index in [1.54, 1.807) is 69.2 Å². The van der Waals surface area contributed by atoms with E-state index in [9.17, 15) is 19.5 Å². The van der Waals surface area contributed by atoms with Gasteiger partial charge < -0.3 is 30.3 Å². The van der Waals surface area contributed by atoms with Crippen LogP contribution in [0.4, 0.5) is 16.2 Å². The van der Waals surface area contributed by atoms with Gasteiger partial charge in [0.1, 0.15) is 11.8 Å². The number of carbonyl (C=O) groups excluding carboxylic acids is 3. The molecule has 0 radical (unpaired) electrons. The first-order chi connectivity index (χ1) is 19.1. The predicted molar refractivity (Wildman–Crippen MR) is 152 cm³/mol. The molecule has 0 spiro atoms. The number of fused-ring (bicyclic) bond motifs is 1. The molecule has 4 amide bonds. The molecule has 4 rings (SSSR count). The van der Waals surface area contributed by atoms with Crippen LogP contribution in [0, 0.1) is 12.8 Å². The Balaban J connectivity index is 1.67. The Hall–Kier alpha value is -4.38. The highest BCUT2D eigenvalue weighted by atomic mass is 16.5. The Morgan fingerprint density at radius 1 is 1.18 bits per heavy atom. The van der Waals surface area contributed by atoms with Gasteiger partial charge in [0, 0.05) is 32.2 Å². The van der Waals surface area contributed by atoms with Crippen LogP contribution in [0.25, 0.3) is 0 Å². The molecule has 1 aliphatic heterocycles. The number of benzene rings is 2. The Morgan fingerprint density at radius 2 is 1.90 bits per heavy atom. The van der Waals surface area contributed by atoms with E-state index < -0.39 is 18.1 Å². The Bertz CT molecular complexity index is 1370. The van der Waals surface area contributed by atoms with Gasteiger partial charge in [0.05, 0.1) is 36.1 Å². The molecule has 1 aromatic heterocycles. The van der Waals surface area contributed by atoms with Crippen LogP contribution in [0.2, 0.25) is 0 Å². The highest BCUT2D eigenvalue weighted by Gasteiger charge is 2.35. The third-order valence-electron chi connectivity index (χ3n) is 7.00. The summed E-state index contributed by atoms with van der Waals surface area (Å²) < 4.78 is 7.97. The molecule has 2 heterocycles. The van der Waals surface area contributed by atoms with Crippen molar-refractivity contribution in [2.24, 2.45) is 13.0 Å². The molecule has 0 fully saturated rings. The van der Waals surface area contributed by atoms with Crippen molar-refractivity contribution in [3.8, 4) is 5.75 Å². The van der Waals surface area contributed by atoms with Gasteiger partial charge in [-0.25, -0.2) is 4.79 Å². The lowest BCUT2D eigenvalue weighted by Crippen LogP contribution is -2.50. The maximum absolute atomic E-state index is 13.7. The molecular weight excluding hydrogens is 512 g/mol. The number of carbonyl (C=O) groups is 3. The van der Waals surface area contributed by atoms with Crippen molar-refractivity contribution in [2.45, 2.75) is 32.9 Å². The standard InChI is InChI=1S/C29H36N6O5/c1-18-15-35(20(3)17-36)28(38)22-12-9-13-23(31-27(37)24-14-19(2)32-34(24)5)26(22)40-25(18)16-33(4)29(39)30-21-10-7-6-8-11-21/h6-14,18,20,25,36H,15-17H2,1-5H3,(H,30,39)(H,31,37)/t18-,20-,25+/m0/s1. The van der Waals surface area contributed by atoms with E-state index in [2.05, 4.69) is 15.7 Å². The van der Waals surface area contributed by atoms with Gasteiger partial charge in [0.15, 0.2) is 5.75 Å². The van der Waals surface area contributed by atoms with Crippen LogP contribution in [0.3, 0.4) is 0 Å². The zero-order chi connectivity index (χ0) is 29.0. The fourth-order valence-corrected chi connectivity index (χ4v) is 4.66. The smallest absolute Gasteiger partial charge is 0.321 e. The van der Waals surface area contributed by atoms with E-state index in [-0.39, 0.29) is 42.3 Å². The lowest BCUT2D eigenvalue weighted by molar-refractivity contribution is 0.0372. The number of nitrogens with zero attached hydrogens (tertiary/aromatic N) is 4. The number of amides is 4. The van der Waals surface area contributed by atoms with Gasteiger partial charge in [-0.3, -0.25) is 14.3 Å². The van der Waals surface area contributed by atoms with Crippen LogP contribution >= 0.6 is 0 Å². The second kappa shape index (κ2) is 12.2. The lowest BCUT2D eigenvalue weighted by atomic mass is 9.99. The largest absolute Gasteiger partial charge is 0.485 e. The molecule has 3 aromatic rings. The second-order valence-electron chi connectivity index (χ2n) is 10.2. The van der Waals surface area contributed by atoms with Crippen LogP contribution in [0.15, 0.2) is 54.6 Å². The monoisotopic (exact) mass is 548 g/mol. The zero-order valence-electron chi connectivity index (χ0n) is 23.4. The first kappa shape index (κ1) is 28.6. The molecule has 11 heteroatoms. The van der Waals surface area contributed by atoms with Crippen molar-refractivity contribution in [3.63, 3.8) is 0 Å². The summed E-state index contributed by atoms with van der Waals surface area (Å²) in [6, 6.07) is 15.0. The summed E-state index contributed by atoms with van der Waals surface area (Å²) in [7, 11) is 3.35. The summed E-state index contributed by atoms with van der Waals surface area (Å²) in [5.41, 5.74) is 2.29. The number of likely N-dealkylation sites (N-methyl/N-ethyl adjacent to an activating group) is 1. The van der Waals surface area contributed by atoms with Crippen LogP contribution in [-0.2, 0) is 7.05 Å². The molecule has 3 atom stereocenters. The summed E-state index contributed by atoms with van der Waals surface area (Å²) in [6.07, 6.45) is -0.538. The maximum Gasteiger partial charge on any atom is 0.321 e. The minimum Gasteiger partial charge on any atom is -0.485 e. The maximum atomic E-state index is 13.7. The van der Waals surface area contributed by atoms with E-state index in [4.69, 9.17) is 4.74 Å². The predicted octanol–water partition coefficient (Wildman–Crippen LogP) is 3.36. The molecule has 0 aliphatic carbocycles. The van der Waals surface area contributed by atoms with Crippen molar-refractivity contribution in [2.75, 3.05) is 37.4 Å². The molecule has 212 valence electrons. The van der Waals surface area contributed by atoms with E-state index in [1.165, 1.54) is 9.58 Å². The van der Waals surface area contributed by atoms with Crippen LogP contribution in [0.5, 0.6) is 5.75 Å². The summed E-state index contributed by atoms with van der Waals surface area (Å²) in [6.45, 7) is 5.81. The summed E-state index contributed by atoms with van der Waals surface area (Å²) in [4.78, 5) is 42.9. The molecule has 40 heavy (non-hydrogen) atoms. The number of para-hydroxylation sites is 2. The number of urea groups is 1. The topological polar surface area (TPSA) is 129 Å². The van der Waals surface area contributed by atoms with Gasteiger partial charge in [-0.05, 0) is 44.2 Å². The quantitative estimate of drug-likeness (QED) is 0.415. The van der Waals surface area contributed by atoms with E-state index in [0.29, 0.717) is 29.3 Å². The Morgan fingerprint density at radius 3 is 2.55 bits per heavy atom. The minimum atomic E-state index is -0.538. The zero-order valence-corrected chi connectivity index (χ0v) is 23.4. The second-order valence-corrected chi connectivity index (χ2v) is 10.2. The van der Waals surface area contributed by atoms with Crippen LogP contribution < -0.4 is 15.4 Å². The number of aliphatic hydroxyl groups excluding tert-OH is 1. The van der Waals surface area contributed by atoms with Crippen LogP contribution in [0.1, 0.15) is 40.4 Å². The molecule has 2 aromatic carbocycles. The number of nitrogens with one attached hydrogen (secondary N) is 2. The molecule has 3 N–H and O–H groups in total. The number of aromatic nitrogens is 2. The van der Waals surface area contributed by atoms with Crippen molar-refractivity contribution in [1.29, 1.82) is 0 Å². The highest BCUT2D eigenvalue weighted by Crippen LogP contribution is 2.35. The summed E-state index contributed by atoms with van der Waals surface area (Å²) >= 11 is 0. The number of aryl methyl sites for hydroxylation is 2. The first-order valence-corrected chi connectivity index (χ1v) is 13.2. The number of rotatable bonds is 7. The number of anilines is 2. The first-order valence-electron chi connectivity index (χ1n) is 13.2. The van der Waals surface area contributed by atoms with Gasteiger partial charge in [-0.1, -0.05) is 31.2 Å². The Labute approximate surface area is 233 Å². The lowest BCUT2D eigenvalue weighted by Gasteiger charge is -2.38. The molecule has 0 saturated heterocycles. The highest BCUT2D eigenvalue weighted by molar-refractivity contribution is 6.06. The minimum absolute atomic E-state index is 0.206. The van der Waals surface area contributed by atoms with Gasteiger partial charge in [-0.2, -0.15) is 5.10 Å². The molecular formula is C29H36N6O5. The van der Waals surface area contributed by atoms with Gasteiger partial charge in [0.25, 0.3) is 11.8 Å². The number of ether oxygens (including phenoxy) is 1. The molecule has 0 bridgehead atoms.